The maximum Gasteiger partial charge on any atom is 0.307 e. The second kappa shape index (κ2) is 5.99. The van der Waals surface area contributed by atoms with E-state index < -0.39 is 11.9 Å². The average molecular weight is 350 g/mol. The summed E-state index contributed by atoms with van der Waals surface area (Å²) in [6, 6.07) is 10.5. The van der Waals surface area contributed by atoms with Crippen molar-refractivity contribution < 1.29 is 19.8 Å². The molecule has 2 aromatic carbocycles. The molecule has 0 radical (unpaired) electrons. The largest absolute Gasteiger partial charge is 0.481 e. The Labute approximate surface area is 146 Å². The van der Waals surface area contributed by atoms with Crippen LogP contribution in [-0.4, -0.2) is 42.1 Å². The third kappa shape index (κ3) is 3.00. The van der Waals surface area contributed by atoms with Crippen LogP contribution in [0.1, 0.15) is 11.1 Å². The number of nitrogens with zero attached hydrogens (tertiary/aromatic N) is 2. The highest BCUT2D eigenvalue weighted by molar-refractivity contribution is 5.84. The molecule has 130 valence electrons. The van der Waals surface area contributed by atoms with Crippen LogP contribution in [0.5, 0.6) is 0 Å². The molecule has 0 saturated carbocycles. The number of aromatic nitrogens is 4. The molecular weight excluding hydrogens is 336 g/mol. The zero-order valence-corrected chi connectivity index (χ0v) is 13.5. The van der Waals surface area contributed by atoms with E-state index >= 15 is 0 Å². The predicted octanol–water partition coefficient (Wildman–Crippen LogP) is 2.36. The Bertz CT molecular complexity index is 1070. The molecule has 2 aromatic heterocycles. The van der Waals surface area contributed by atoms with Crippen LogP contribution in [0, 0.1) is 0 Å². The molecule has 8 nitrogen and oxygen atoms in total. The lowest BCUT2D eigenvalue weighted by Gasteiger charge is -1.95. The van der Waals surface area contributed by atoms with Crippen molar-refractivity contribution >= 4 is 34.0 Å². The minimum absolute atomic E-state index is 0.0543. The number of nitrogens with one attached hydrogen (secondary N) is 2. The Morgan fingerprint density at radius 1 is 0.769 bits per heavy atom. The summed E-state index contributed by atoms with van der Waals surface area (Å²) >= 11 is 0. The molecule has 0 amide bonds. The Balaban J connectivity index is 1.72. The first-order valence-corrected chi connectivity index (χ1v) is 7.89. The summed E-state index contributed by atoms with van der Waals surface area (Å²) < 4.78 is 0. The topological polar surface area (TPSA) is 132 Å². The van der Waals surface area contributed by atoms with Crippen LogP contribution in [-0.2, 0) is 22.4 Å². The molecular formula is C18H14N4O4. The zero-order valence-electron chi connectivity index (χ0n) is 13.5. The quantitative estimate of drug-likeness (QED) is 0.437. The summed E-state index contributed by atoms with van der Waals surface area (Å²) in [6.07, 6.45) is -0.109. The van der Waals surface area contributed by atoms with E-state index in [4.69, 9.17) is 10.2 Å². The van der Waals surface area contributed by atoms with E-state index in [9.17, 15) is 9.59 Å². The molecule has 0 fully saturated rings. The number of rotatable bonds is 5. The second-order valence-corrected chi connectivity index (χ2v) is 6.01. The number of benzene rings is 2. The molecule has 0 saturated heterocycles. The first-order chi connectivity index (χ1) is 12.5. The summed E-state index contributed by atoms with van der Waals surface area (Å²) in [6.45, 7) is 0. The van der Waals surface area contributed by atoms with Crippen molar-refractivity contribution in [1.82, 2.24) is 19.9 Å². The molecule has 0 atom stereocenters. The van der Waals surface area contributed by atoms with Gasteiger partial charge in [0.15, 0.2) is 11.6 Å². The van der Waals surface area contributed by atoms with Crippen LogP contribution < -0.4 is 0 Å². The molecule has 4 rings (SSSR count). The van der Waals surface area contributed by atoms with Gasteiger partial charge in [-0.1, -0.05) is 12.1 Å². The lowest BCUT2D eigenvalue weighted by Crippen LogP contribution is -1.99. The molecule has 0 bridgehead atoms. The fourth-order valence-electron chi connectivity index (χ4n) is 2.91. The van der Waals surface area contributed by atoms with Crippen LogP contribution in [0.3, 0.4) is 0 Å². The van der Waals surface area contributed by atoms with Crippen LogP contribution in [0.4, 0.5) is 0 Å². The lowest BCUT2D eigenvalue weighted by molar-refractivity contribution is -0.137. The van der Waals surface area contributed by atoms with Crippen molar-refractivity contribution in [3.8, 4) is 11.6 Å². The van der Waals surface area contributed by atoms with Gasteiger partial charge in [-0.2, -0.15) is 0 Å². The van der Waals surface area contributed by atoms with Gasteiger partial charge in [-0.25, -0.2) is 9.97 Å². The van der Waals surface area contributed by atoms with E-state index in [1.807, 2.05) is 0 Å². The molecule has 26 heavy (non-hydrogen) atoms. The maximum absolute atomic E-state index is 10.8. The maximum atomic E-state index is 10.8. The summed E-state index contributed by atoms with van der Waals surface area (Å²) in [5.74, 6) is -0.719. The molecule has 0 aliphatic heterocycles. The SMILES string of the molecule is O=C(O)Cc1ccc2nc(-c3nc4ccc(CC(=O)O)cc4[nH]3)[nH]c2c1. The third-order valence-corrected chi connectivity index (χ3v) is 4.03. The zero-order chi connectivity index (χ0) is 18.3. The van der Waals surface area contributed by atoms with E-state index in [-0.39, 0.29) is 12.8 Å². The number of hydrogen-bond acceptors (Lipinski definition) is 4. The van der Waals surface area contributed by atoms with Crippen LogP contribution in [0.15, 0.2) is 36.4 Å². The highest BCUT2D eigenvalue weighted by Gasteiger charge is 2.12. The summed E-state index contributed by atoms with van der Waals surface area (Å²) in [7, 11) is 0. The molecule has 8 heteroatoms. The average Bonchev–Trinajstić information content (AvgIpc) is 3.16. The monoisotopic (exact) mass is 350 g/mol. The predicted molar refractivity (Wildman–Crippen MR) is 93.9 cm³/mol. The number of H-pyrrole nitrogens is 2. The Morgan fingerprint density at radius 3 is 1.58 bits per heavy atom. The molecule has 0 aliphatic carbocycles. The highest BCUT2D eigenvalue weighted by atomic mass is 16.4. The van der Waals surface area contributed by atoms with Gasteiger partial charge in [0.2, 0.25) is 0 Å². The van der Waals surface area contributed by atoms with Crippen molar-refractivity contribution in [2.75, 3.05) is 0 Å². The Kier molecular flexibility index (Phi) is 3.65. The number of aromatic amines is 2. The van der Waals surface area contributed by atoms with Crippen LogP contribution >= 0.6 is 0 Å². The van der Waals surface area contributed by atoms with Gasteiger partial charge < -0.3 is 20.2 Å². The summed E-state index contributed by atoms with van der Waals surface area (Å²) in [5, 5.41) is 17.8. The smallest absolute Gasteiger partial charge is 0.307 e. The molecule has 0 unspecified atom stereocenters. The van der Waals surface area contributed by atoms with Crippen molar-refractivity contribution in [2.24, 2.45) is 0 Å². The van der Waals surface area contributed by atoms with Crippen molar-refractivity contribution in [1.29, 1.82) is 0 Å². The van der Waals surface area contributed by atoms with Gasteiger partial charge in [0.1, 0.15) is 0 Å². The fraction of sp³-hybridized carbons (Fsp3) is 0.111. The molecule has 4 aromatic rings. The molecule has 0 aliphatic rings. The van der Waals surface area contributed by atoms with Gasteiger partial charge in [0.05, 0.1) is 34.9 Å². The van der Waals surface area contributed by atoms with Crippen LogP contribution in [0.25, 0.3) is 33.7 Å². The number of carbonyl (C=O) groups is 2. The van der Waals surface area contributed by atoms with E-state index in [1.54, 1.807) is 36.4 Å². The van der Waals surface area contributed by atoms with Gasteiger partial charge in [0.25, 0.3) is 0 Å². The van der Waals surface area contributed by atoms with Crippen molar-refractivity contribution in [2.45, 2.75) is 12.8 Å². The summed E-state index contributed by atoms with van der Waals surface area (Å²) in [4.78, 5) is 36.9. The number of imidazole rings is 2. The minimum Gasteiger partial charge on any atom is -0.481 e. The Morgan fingerprint density at radius 2 is 1.19 bits per heavy atom. The number of aliphatic carboxylic acids is 2. The number of carboxylic acids is 2. The van der Waals surface area contributed by atoms with Crippen molar-refractivity contribution in [3.63, 3.8) is 0 Å². The number of carboxylic acid groups (broad SMARTS) is 2. The normalized spacial score (nSPS) is 11.2. The van der Waals surface area contributed by atoms with Gasteiger partial charge in [-0.05, 0) is 35.4 Å². The number of hydrogen-bond donors (Lipinski definition) is 4. The van der Waals surface area contributed by atoms with E-state index in [0.29, 0.717) is 33.8 Å². The first kappa shape index (κ1) is 15.8. The van der Waals surface area contributed by atoms with Gasteiger partial charge >= 0.3 is 11.9 Å². The minimum atomic E-state index is -0.890. The van der Waals surface area contributed by atoms with E-state index in [1.165, 1.54) is 0 Å². The first-order valence-electron chi connectivity index (χ1n) is 7.89. The van der Waals surface area contributed by atoms with Gasteiger partial charge in [-0.3, -0.25) is 9.59 Å². The second-order valence-electron chi connectivity index (χ2n) is 6.01. The summed E-state index contributed by atoms with van der Waals surface area (Å²) in [5.41, 5.74) is 4.24. The third-order valence-electron chi connectivity index (χ3n) is 4.03. The lowest BCUT2D eigenvalue weighted by atomic mass is 10.1. The van der Waals surface area contributed by atoms with Gasteiger partial charge in [0, 0.05) is 0 Å². The van der Waals surface area contributed by atoms with E-state index in [2.05, 4.69) is 19.9 Å². The molecule has 0 spiro atoms. The Hall–Kier alpha value is -3.68. The van der Waals surface area contributed by atoms with Crippen LogP contribution in [0.2, 0.25) is 0 Å². The highest BCUT2D eigenvalue weighted by Crippen LogP contribution is 2.23. The van der Waals surface area contributed by atoms with E-state index in [0.717, 1.165) is 11.0 Å². The molecule has 2 heterocycles. The standard InChI is InChI=1S/C18H14N4O4/c23-15(24)7-9-1-3-11-13(5-9)21-17(19-11)18-20-12-4-2-10(8-16(25)26)6-14(12)22-18/h1-6H,7-8H2,(H,19,21)(H,20,22)(H,23,24)(H,25,26). The molecule has 4 N–H and O–H groups in total. The van der Waals surface area contributed by atoms with Gasteiger partial charge in [-0.15, -0.1) is 0 Å². The fourth-order valence-corrected chi connectivity index (χ4v) is 2.91. The number of fused-ring (bicyclic) bond motifs is 2. The van der Waals surface area contributed by atoms with Crippen molar-refractivity contribution in [3.05, 3.63) is 47.5 Å².